The van der Waals surface area contributed by atoms with Gasteiger partial charge in [-0.15, -0.1) is 0 Å². The van der Waals surface area contributed by atoms with Crippen LogP contribution in [0.4, 0.5) is 10.1 Å². The van der Waals surface area contributed by atoms with Gasteiger partial charge in [-0.2, -0.15) is 0 Å². The van der Waals surface area contributed by atoms with E-state index in [0.717, 1.165) is 5.56 Å². The van der Waals surface area contributed by atoms with E-state index in [2.05, 4.69) is 0 Å². The fourth-order valence-corrected chi connectivity index (χ4v) is 2.24. The van der Waals surface area contributed by atoms with E-state index in [1.807, 2.05) is 30.3 Å². The second-order valence-corrected chi connectivity index (χ2v) is 4.54. The van der Waals surface area contributed by atoms with Crippen molar-refractivity contribution in [3.05, 3.63) is 65.5 Å². The van der Waals surface area contributed by atoms with Gasteiger partial charge in [-0.3, -0.25) is 0 Å². The van der Waals surface area contributed by atoms with Gasteiger partial charge in [0.05, 0.1) is 18.9 Å². The number of aliphatic hydroxyl groups is 2. The largest absolute Gasteiger partial charge is 0.395 e. The smallest absolute Gasteiger partial charge is 0.146 e. The topological polar surface area (TPSA) is 43.7 Å². The minimum Gasteiger partial charge on any atom is -0.395 e. The number of rotatable bonds is 6. The van der Waals surface area contributed by atoms with E-state index in [1.54, 1.807) is 17.0 Å². The first-order valence-corrected chi connectivity index (χ1v) is 6.54. The molecule has 0 saturated heterocycles. The molecule has 0 fully saturated rings. The summed E-state index contributed by atoms with van der Waals surface area (Å²) < 4.78 is 14.1. The molecule has 106 valence electrons. The summed E-state index contributed by atoms with van der Waals surface area (Å²) in [6.45, 7) is 0.480. The quantitative estimate of drug-likeness (QED) is 0.850. The lowest BCUT2D eigenvalue weighted by Crippen LogP contribution is -2.28. The molecule has 0 aliphatic heterocycles. The molecule has 2 aromatic rings. The van der Waals surface area contributed by atoms with E-state index in [9.17, 15) is 14.6 Å². The van der Waals surface area contributed by atoms with Gasteiger partial charge in [-0.1, -0.05) is 42.5 Å². The van der Waals surface area contributed by atoms with Crippen LogP contribution in [0.25, 0.3) is 0 Å². The molecule has 0 aliphatic carbocycles. The van der Waals surface area contributed by atoms with Crippen molar-refractivity contribution in [1.82, 2.24) is 0 Å². The van der Waals surface area contributed by atoms with Crippen molar-refractivity contribution < 1.29 is 14.6 Å². The van der Waals surface area contributed by atoms with Gasteiger partial charge in [-0.05, 0) is 11.6 Å². The first-order chi connectivity index (χ1) is 9.76. The van der Waals surface area contributed by atoms with Crippen molar-refractivity contribution in [1.29, 1.82) is 0 Å². The normalized spacial score (nSPS) is 10.6. The van der Waals surface area contributed by atoms with Crippen molar-refractivity contribution in [2.24, 2.45) is 0 Å². The van der Waals surface area contributed by atoms with Gasteiger partial charge in [0.15, 0.2) is 0 Å². The monoisotopic (exact) mass is 275 g/mol. The maximum atomic E-state index is 14.1. The van der Waals surface area contributed by atoms with Crippen LogP contribution in [-0.2, 0) is 13.2 Å². The molecule has 0 aromatic heterocycles. The minimum absolute atomic E-state index is 0.0773. The van der Waals surface area contributed by atoms with Gasteiger partial charge in [-0.25, -0.2) is 4.39 Å². The molecular weight excluding hydrogens is 257 g/mol. The van der Waals surface area contributed by atoms with Gasteiger partial charge >= 0.3 is 0 Å². The van der Waals surface area contributed by atoms with Crippen LogP contribution < -0.4 is 4.90 Å². The number of aliphatic hydroxyl groups excluding tert-OH is 2. The average molecular weight is 275 g/mol. The molecule has 4 heteroatoms. The third-order valence-corrected chi connectivity index (χ3v) is 3.14. The highest BCUT2D eigenvalue weighted by molar-refractivity contribution is 5.55. The zero-order valence-corrected chi connectivity index (χ0v) is 11.2. The van der Waals surface area contributed by atoms with E-state index >= 15 is 0 Å². The van der Waals surface area contributed by atoms with E-state index in [1.165, 1.54) is 6.07 Å². The van der Waals surface area contributed by atoms with E-state index < -0.39 is 0 Å². The van der Waals surface area contributed by atoms with Crippen molar-refractivity contribution in [2.75, 3.05) is 18.1 Å². The Morgan fingerprint density at radius 1 is 0.950 bits per heavy atom. The second-order valence-electron chi connectivity index (χ2n) is 4.54. The molecule has 0 bridgehead atoms. The van der Waals surface area contributed by atoms with Crippen LogP contribution >= 0.6 is 0 Å². The van der Waals surface area contributed by atoms with Crippen molar-refractivity contribution in [2.45, 2.75) is 13.2 Å². The van der Waals surface area contributed by atoms with Gasteiger partial charge < -0.3 is 15.1 Å². The molecule has 0 heterocycles. The van der Waals surface area contributed by atoms with E-state index in [0.29, 0.717) is 24.3 Å². The number of nitrogens with zero attached hydrogens (tertiary/aromatic N) is 1. The van der Waals surface area contributed by atoms with Crippen LogP contribution in [0, 0.1) is 5.82 Å². The lowest BCUT2D eigenvalue weighted by molar-refractivity contribution is 0.279. The summed E-state index contributed by atoms with van der Waals surface area (Å²) in [6.07, 6.45) is 0. The number of benzene rings is 2. The van der Waals surface area contributed by atoms with E-state index in [-0.39, 0.29) is 19.0 Å². The molecule has 2 aromatic carbocycles. The summed E-state index contributed by atoms with van der Waals surface area (Å²) >= 11 is 0. The molecule has 20 heavy (non-hydrogen) atoms. The number of halogens is 1. The lowest BCUT2D eigenvalue weighted by Gasteiger charge is -2.26. The van der Waals surface area contributed by atoms with Gasteiger partial charge in [0, 0.05) is 18.7 Å². The van der Waals surface area contributed by atoms with Crippen LogP contribution in [0.5, 0.6) is 0 Å². The van der Waals surface area contributed by atoms with Crippen molar-refractivity contribution >= 4 is 5.69 Å². The highest BCUT2D eigenvalue weighted by Crippen LogP contribution is 2.26. The van der Waals surface area contributed by atoms with Crippen LogP contribution in [0.3, 0.4) is 0 Å². The van der Waals surface area contributed by atoms with Crippen LogP contribution in [0.2, 0.25) is 0 Å². The molecule has 0 spiro atoms. The van der Waals surface area contributed by atoms with Crippen molar-refractivity contribution in [3.63, 3.8) is 0 Å². The molecule has 2 rings (SSSR count). The lowest BCUT2D eigenvalue weighted by atomic mass is 10.1. The molecule has 0 amide bonds. The predicted molar refractivity (Wildman–Crippen MR) is 76.9 cm³/mol. The summed E-state index contributed by atoms with van der Waals surface area (Å²) in [5, 5.41) is 18.6. The highest BCUT2D eigenvalue weighted by Gasteiger charge is 2.15. The molecule has 0 saturated carbocycles. The third-order valence-electron chi connectivity index (χ3n) is 3.14. The first-order valence-electron chi connectivity index (χ1n) is 6.54. The Kier molecular flexibility index (Phi) is 5.09. The molecule has 0 atom stereocenters. The molecule has 0 unspecified atom stereocenters. The molecule has 0 radical (unpaired) electrons. The van der Waals surface area contributed by atoms with E-state index in [4.69, 9.17) is 0 Å². The molecule has 2 N–H and O–H groups in total. The molecule has 3 nitrogen and oxygen atoms in total. The summed E-state index contributed by atoms with van der Waals surface area (Å²) in [4.78, 5) is 1.75. The first kappa shape index (κ1) is 14.5. The Hall–Kier alpha value is -1.91. The maximum Gasteiger partial charge on any atom is 0.146 e. The number of para-hydroxylation sites is 1. The second kappa shape index (κ2) is 7.03. The number of hydrogen-bond donors (Lipinski definition) is 2. The Morgan fingerprint density at radius 2 is 1.70 bits per heavy atom. The Labute approximate surface area is 117 Å². The van der Waals surface area contributed by atoms with Crippen LogP contribution in [0.1, 0.15) is 11.1 Å². The highest BCUT2D eigenvalue weighted by atomic mass is 19.1. The Morgan fingerprint density at radius 3 is 2.35 bits per heavy atom. The van der Waals surface area contributed by atoms with Gasteiger partial charge in [0.1, 0.15) is 5.82 Å². The van der Waals surface area contributed by atoms with Gasteiger partial charge in [0.2, 0.25) is 0 Å². The minimum atomic E-state index is -0.388. The summed E-state index contributed by atoms with van der Waals surface area (Å²) in [6, 6.07) is 14.3. The van der Waals surface area contributed by atoms with Crippen molar-refractivity contribution in [3.8, 4) is 0 Å². The average Bonchev–Trinajstić information content (AvgIpc) is 2.47. The van der Waals surface area contributed by atoms with Crippen LogP contribution in [-0.4, -0.2) is 23.4 Å². The fourth-order valence-electron chi connectivity index (χ4n) is 2.24. The molecular formula is C16H18FNO2. The summed E-state index contributed by atoms with van der Waals surface area (Å²) in [7, 11) is 0. The number of anilines is 1. The zero-order chi connectivity index (χ0) is 14.4. The predicted octanol–water partition coefficient (Wildman–Crippen LogP) is 2.32. The zero-order valence-electron chi connectivity index (χ0n) is 11.2. The third kappa shape index (κ3) is 3.35. The SMILES string of the molecule is OCCN(Cc1ccccc1)c1c(F)cccc1CO. The summed E-state index contributed by atoms with van der Waals surface area (Å²) in [5.74, 6) is -0.388. The van der Waals surface area contributed by atoms with Crippen LogP contribution in [0.15, 0.2) is 48.5 Å². The standard InChI is InChI=1S/C16H18FNO2/c17-15-8-4-7-14(12-20)16(15)18(9-10-19)11-13-5-2-1-3-6-13/h1-8,19-20H,9-12H2. The Balaban J connectivity index is 2.33. The fraction of sp³-hybridized carbons (Fsp3) is 0.250. The molecule has 0 aliphatic rings. The van der Waals surface area contributed by atoms with Gasteiger partial charge in [0.25, 0.3) is 0 Å². The number of hydrogen-bond acceptors (Lipinski definition) is 3. The maximum absolute atomic E-state index is 14.1. The Bertz CT molecular complexity index is 545. The summed E-state index contributed by atoms with van der Waals surface area (Å²) in [5.41, 5.74) is 1.90.